The van der Waals surface area contributed by atoms with Crippen molar-refractivity contribution in [2.24, 2.45) is 5.41 Å². The summed E-state index contributed by atoms with van der Waals surface area (Å²) in [7, 11) is 1.98. The molecule has 2 aliphatic rings. The number of carboxylic acid groups (broad SMARTS) is 1. The van der Waals surface area contributed by atoms with Crippen LogP contribution in [0.3, 0.4) is 0 Å². The van der Waals surface area contributed by atoms with Crippen LogP contribution in [0.25, 0.3) is 0 Å². The van der Waals surface area contributed by atoms with Crippen molar-refractivity contribution in [2.45, 2.75) is 51.3 Å². The molecule has 1 saturated heterocycles. The number of carbonyl (C=O) groups is 2. The Morgan fingerprint density at radius 3 is 2.59 bits per heavy atom. The van der Waals surface area contributed by atoms with Crippen LogP contribution in [0.2, 0.25) is 0 Å². The van der Waals surface area contributed by atoms with Gasteiger partial charge in [-0.3, -0.25) is 4.90 Å². The van der Waals surface area contributed by atoms with Gasteiger partial charge in [-0.2, -0.15) is 0 Å². The summed E-state index contributed by atoms with van der Waals surface area (Å²) in [5.41, 5.74) is -0.738. The van der Waals surface area contributed by atoms with Gasteiger partial charge >= 0.3 is 12.1 Å². The molecule has 1 amide bonds. The lowest BCUT2D eigenvalue weighted by molar-refractivity contribution is -0.142. The maximum absolute atomic E-state index is 12.4. The molecule has 1 aliphatic carbocycles. The zero-order chi connectivity index (χ0) is 16.7. The van der Waals surface area contributed by atoms with Crippen LogP contribution in [0, 0.1) is 5.41 Å². The second-order valence-electron chi connectivity index (χ2n) is 7.51. The van der Waals surface area contributed by atoms with E-state index in [1.165, 1.54) is 4.90 Å². The Bertz CT molecular complexity index is 485. The summed E-state index contributed by atoms with van der Waals surface area (Å²) in [6, 6.07) is -0.818. The van der Waals surface area contributed by atoms with Gasteiger partial charge in [-0.25, -0.2) is 9.59 Å². The number of fused-ring (bicyclic) bond motifs is 1. The highest BCUT2D eigenvalue weighted by molar-refractivity contribution is 5.82. The van der Waals surface area contributed by atoms with Gasteiger partial charge in [0.2, 0.25) is 0 Å². The van der Waals surface area contributed by atoms with Crippen LogP contribution in [0.1, 0.15) is 33.6 Å². The van der Waals surface area contributed by atoms with E-state index >= 15 is 0 Å². The van der Waals surface area contributed by atoms with Gasteiger partial charge in [0.25, 0.3) is 0 Å². The molecule has 0 bridgehead atoms. The SMILES string of the molecule is C=CCN(C)C[C@@]12C[C@@H](C(=O)O)N(C(=O)OC(C)(C)C)[C@@H]1C2. The number of carboxylic acids is 1. The molecule has 22 heavy (non-hydrogen) atoms. The molecule has 6 nitrogen and oxygen atoms in total. The first-order chi connectivity index (χ1) is 10.1. The summed E-state index contributed by atoms with van der Waals surface area (Å²) in [6.07, 6.45) is 2.64. The summed E-state index contributed by atoms with van der Waals surface area (Å²) in [5.74, 6) is -0.955. The van der Waals surface area contributed by atoms with Gasteiger partial charge in [-0.05, 0) is 40.7 Å². The first-order valence-corrected chi connectivity index (χ1v) is 7.63. The van der Waals surface area contributed by atoms with E-state index in [2.05, 4.69) is 11.5 Å². The zero-order valence-corrected chi connectivity index (χ0v) is 13.8. The standard InChI is InChI=1S/C16H26N2O4/c1-6-7-17(5)10-16-8-11(13(19)20)18(12(16)9-16)14(21)22-15(2,3)4/h6,11-12H,1,7-10H2,2-5H3,(H,19,20)/t11-,12+,16-/m0/s1. The van der Waals surface area contributed by atoms with Gasteiger partial charge in [0.15, 0.2) is 0 Å². The molecule has 2 rings (SSSR count). The zero-order valence-electron chi connectivity index (χ0n) is 13.8. The van der Waals surface area contributed by atoms with Crippen LogP contribution >= 0.6 is 0 Å². The first-order valence-electron chi connectivity index (χ1n) is 7.63. The Hall–Kier alpha value is -1.56. The third-order valence-electron chi connectivity index (χ3n) is 4.33. The van der Waals surface area contributed by atoms with E-state index in [0.717, 1.165) is 19.5 Å². The largest absolute Gasteiger partial charge is 0.480 e. The predicted octanol–water partition coefficient (Wildman–Crippen LogP) is 1.96. The highest BCUT2D eigenvalue weighted by Crippen LogP contribution is 2.60. The summed E-state index contributed by atoms with van der Waals surface area (Å²) < 4.78 is 5.39. The van der Waals surface area contributed by atoms with Gasteiger partial charge in [-0.15, -0.1) is 6.58 Å². The lowest BCUT2D eigenvalue weighted by Gasteiger charge is -2.28. The van der Waals surface area contributed by atoms with E-state index in [-0.39, 0.29) is 11.5 Å². The molecule has 0 radical (unpaired) electrons. The molecule has 0 aromatic heterocycles. The average molecular weight is 310 g/mol. The van der Waals surface area contributed by atoms with E-state index in [0.29, 0.717) is 6.42 Å². The number of hydrogen-bond donors (Lipinski definition) is 1. The fraction of sp³-hybridized carbons (Fsp3) is 0.750. The van der Waals surface area contributed by atoms with Crippen molar-refractivity contribution >= 4 is 12.1 Å². The molecule has 0 aromatic rings. The summed E-state index contributed by atoms with van der Waals surface area (Å²) >= 11 is 0. The molecule has 2 fully saturated rings. The molecule has 0 aromatic carbocycles. The van der Waals surface area contributed by atoms with Crippen molar-refractivity contribution in [2.75, 3.05) is 20.1 Å². The van der Waals surface area contributed by atoms with Gasteiger partial charge in [0.05, 0.1) is 0 Å². The Balaban J connectivity index is 2.12. The van der Waals surface area contributed by atoms with E-state index in [9.17, 15) is 14.7 Å². The number of amides is 1. The fourth-order valence-corrected chi connectivity index (χ4v) is 3.47. The van der Waals surface area contributed by atoms with E-state index in [1.54, 1.807) is 20.8 Å². The maximum atomic E-state index is 12.4. The molecule has 0 unspecified atom stereocenters. The van der Waals surface area contributed by atoms with E-state index in [4.69, 9.17) is 4.74 Å². The molecule has 0 spiro atoms. The molecule has 3 atom stereocenters. The number of carbonyl (C=O) groups excluding carboxylic acids is 1. The molecule has 1 N–H and O–H groups in total. The first kappa shape index (κ1) is 16.8. The van der Waals surface area contributed by atoms with Crippen molar-refractivity contribution in [3.05, 3.63) is 12.7 Å². The Morgan fingerprint density at radius 1 is 1.45 bits per heavy atom. The molecule has 1 aliphatic heterocycles. The van der Waals surface area contributed by atoms with Gasteiger partial charge < -0.3 is 14.7 Å². The quantitative estimate of drug-likeness (QED) is 0.786. The topological polar surface area (TPSA) is 70.1 Å². The number of hydrogen-bond acceptors (Lipinski definition) is 4. The van der Waals surface area contributed by atoms with Crippen LogP contribution in [0.4, 0.5) is 4.79 Å². The van der Waals surface area contributed by atoms with Crippen molar-refractivity contribution in [3.63, 3.8) is 0 Å². The number of nitrogens with zero attached hydrogens (tertiary/aromatic N) is 2. The minimum Gasteiger partial charge on any atom is -0.480 e. The highest BCUT2D eigenvalue weighted by atomic mass is 16.6. The number of rotatable bonds is 5. The molecule has 6 heteroatoms. The van der Waals surface area contributed by atoms with Crippen LogP contribution in [0.15, 0.2) is 12.7 Å². The Morgan fingerprint density at radius 2 is 2.09 bits per heavy atom. The van der Waals surface area contributed by atoms with Crippen molar-refractivity contribution in [1.82, 2.24) is 9.80 Å². The third kappa shape index (κ3) is 3.27. The van der Waals surface area contributed by atoms with Crippen LogP contribution in [0.5, 0.6) is 0 Å². The molecular weight excluding hydrogens is 284 g/mol. The normalized spacial score (nSPS) is 30.1. The van der Waals surface area contributed by atoms with E-state index in [1.807, 2.05) is 13.1 Å². The van der Waals surface area contributed by atoms with Gasteiger partial charge in [-0.1, -0.05) is 6.08 Å². The average Bonchev–Trinajstić information content (AvgIpc) is 2.91. The fourth-order valence-electron chi connectivity index (χ4n) is 3.47. The number of aliphatic carboxylic acids is 1. The molecule has 124 valence electrons. The van der Waals surface area contributed by atoms with Crippen molar-refractivity contribution < 1.29 is 19.4 Å². The monoisotopic (exact) mass is 310 g/mol. The number of likely N-dealkylation sites (tertiary alicyclic amines) is 1. The van der Waals surface area contributed by atoms with Crippen LogP contribution < -0.4 is 0 Å². The number of likely N-dealkylation sites (N-methyl/N-ethyl adjacent to an activating group) is 1. The molecule has 1 heterocycles. The lowest BCUT2D eigenvalue weighted by atomic mass is 9.99. The Labute approximate surface area is 131 Å². The van der Waals surface area contributed by atoms with Gasteiger partial charge in [0.1, 0.15) is 11.6 Å². The maximum Gasteiger partial charge on any atom is 0.411 e. The minimum atomic E-state index is -0.955. The minimum absolute atomic E-state index is 0.0317. The number of piperidine rings is 1. The highest BCUT2D eigenvalue weighted by Gasteiger charge is 2.68. The Kier molecular flexibility index (Phi) is 4.26. The van der Waals surface area contributed by atoms with E-state index < -0.39 is 23.7 Å². The summed E-state index contributed by atoms with van der Waals surface area (Å²) in [5, 5.41) is 9.44. The smallest absolute Gasteiger partial charge is 0.411 e. The number of ether oxygens (including phenoxy) is 1. The third-order valence-corrected chi connectivity index (χ3v) is 4.33. The molecular formula is C16H26N2O4. The lowest BCUT2D eigenvalue weighted by Crippen LogP contribution is -2.45. The summed E-state index contributed by atoms with van der Waals surface area (Å²) in [6.45, 7) is 10.6. The van der Waals surface area contributed by atoms with Crippen LogP contribution in [-0.2, 0) is 9.53 Å². The summed E-state index contributed by atoms with van der Waals surface area (Å²) in [4.78, 5) is 27.5. The van der Waals surface area contributed by atoms with Crippen LogP contribution in [-0.4, -0.2) is 64.8 Å². The van der Waals surface area contributed by atoms with Crippen molar-refractivity contribution in [1.29, 1.82) is 0 Å². The second-order valence-corrected chi connectivity index (χ2v) is 7.51. The molecule has 1 saturated carbocycles. The predicted molar refractivity (Wildman–Crippen MR) is 82.6 cm³/mol. The van der Waals surface area contributed by atoms with Crippen molar-refractivity contribution in [3.8, 4) is 0 Å². The second kappa shape index (κ2) is 5.57. The van der Waals surface area contributed by atoms with Gasteiger partial charge in [0, 0.05) is 24.5 Å².